The van der Waals surface area contributed by atoms with Gasteiger partial charge in [-0.3, -0.25) is 0 Å². The second kappa shape index (κ2) is 6.19. The van der Waals surface area contributed by atoms with Crippen LogP contribution in [0.25, 0.3) is 0 Å². The molecule has 1 saturated carbocycles. The van der Waals surface area contributed by atoms with E-state index >= 15 is 0 Å². The van der Waals surface area contributed by atoms with Gasteiger partial charge in [0.05, 0.1) is 0 Å². The number of rotatable bonds is 7. The highest BCUT2D eigenvalue weighted by Gasteiger charge is 2.33. The maximum atomic E-state index is 4.44. The molecule has 1 aromatic rings. The predicted molar refractivity (Wildman–Crippen MR) is 76.6 cm³/mol. The summed E-state index contributed by atoms with van der Waals surface area (Å²) >= 11 is 0. The first-order valence-corrected chi connectivity index (χ1v) is 7.07. The molecule has 0 bridgehead atoms. The fourth-order valence-corrected chi connectivity index (χ4v) is 2.38. The van der Waals surface area contributed by atoms with E-state index < -0.39 is 0 Å². The number of anilines is 1. The topological polar surface area (TPSA) is 28.2 Å². The van der Waals surface area contributed by atoms with Crippen molar-refractivity contribution in [3.05, 3.63) is 23.9 Å². The highest BCUT2D eigenvalue weighted by atomic mass is 15.1. The summed E-state index contributed by atoms with van der Waals surface area (Å²) in [6.45, 7) is 7.72. The van der Waals surface area contributed by atoms with Gasteiger partial charge in [-0.25, -0.2) is 4.98 Å². The number of hydrogen-bond donors (Lipinski definition) is 1. The molecule has 0 saturated heterocycles. The molecular weight excluding hydrogens is 222 g/mol. The van der Waals surface area contributed by atoms with Crippen molar-refractivity contribution in [1.29, 1.82) is 0 Å². The molecule has 3 nitrogen and oxygen atoms in total. The zero-order chi connectivity index (χ0) is 13.0. The Morgan fingerprint density at radius 2 is 2.28 bits per heavy atom. The van der Waals surface area contributed by atoms with Crippen molar-refractivity contribution < 1.29 is 0 Å². The van der Waals surface area contributed by atoms with Crippen molar-refractivity contribution in [3.63, 3.8) is 0 Å². The minimum Gasteiger partial charge on any atom is -0.370 e. The third-order valence-corrected chi connectivity index (χ3v) is 3.70. The number of pyridine rings is 1. The van der Waals surface area contributed by atoms with E-state index in [0.29, 0.717) is 0 Å². The minimum absolute atomic E-state index is 0.915. The van der Waals surface area contributed by atoms with Gasteiger partial charge in [-0.1, -0.05) is 19.9 Å². The van der Waals surface area contributed by atoms with E-state index in [2.05, 4.69) is 42.2 Å². The molecular formula is C15H25N3. The summed E-state index contributed by atoms with van der Waals surface area (Å²) in [6, 6.07) is 4.21. The summed E-state index contributed by atoms with van der Waals surface area (Å²) in [5.74, 6) is 2.90. The van der Waals surface area contributed by atoms with Crippen LogP contribution >= 0.6 is 0 Å². The molecule has 0 aromatic carbocycles. The molecule has 1 aliphatic rings. The molecule has 0 amide bonds. The van der Waals surface area contributed by atoms with Crippen LogP contribution in [0, 0.1) is 11.8 Å². The molecule has 3 heteroatoms. The van der Waals surface area contributed by atoms with Gasteiger partial charge in [0, 0.05) is 31.4 Å². The Morgan fingerprint density at radius 1 is 1.50 bits per heavy atom. The van der Waals surface area contributed by atoms with Gasteiger partial charge in [-0.05, 0) is 37.8 Å². The maximum absolute atomic E-state index is 4.44. The number of aromatic nitrogens is 1. The van der Waals surface area contributed by atoms with Crippen LogP contribution in [0.15, 0.2) is 18.3 Å². The van der Waals surface area contributed by atoms with Crippen LogP contribution in [0.2, 0.25) is 0 Å². The molecule has 1 heterocycles. The molecule has 18 heavy (non-hydrogen) atoms. The number of nitrogens with one attached hydrogen (secondary N) is 1. The Bertz CT molecular complexity index is 378. The quantitative estimate of drug-likeness (QED) is 0.803. The SMILES string of the molecule is CCCNc1ncccc1CN(C)CC1CC1C. The Morgan fingerprint density at radius 3 is 2.94 bits per heavy atom. The molecule has 2 rings (SSSR count). The fraction of sp³-hybridized carbons (Fsp3) is 0.667. The fourth-order valence-electron chi connectivity index (χ4n) is 2.38. The molecule has 1 fully saturated rings. The van der Waals surface area contributed by atoms with Crippen LogP contribution in [0.1, 0.15) is 32.3 Å². The third kappa shape index (κ3) is 3.70. The average molecular weight is 247 g/mol. The predicted octanol–water partition coefficient (Wildman–Crippen LogP) is 2.99. The maximum Gasteiger partial charge on any atom is 0.130 e. The number of nitrogens with zero attached hydrogens (tertiary/aromatic N) is 2. The molecule has 1 aliphatic carbocycles. The van der Waals surface area contributed by atoms with Crippen molar-refractivity contribution in [2.24, 2.45) is 11.8 Å². The standard InChI is InChI=1S/C15H25N3/c1-4-7-16-15-13(6-5-8-17-15)10-18(3)11-14-9-12(14)2/h5-6,8,12,14H,4,7,9-11H2,1-3H3,(H,16,17). The highest BCUT2D eigenvalue weighted by molar-refractivity contribution is 5.43. The zero-order valence-corrected chi connectivity index (χ0v) is 11.8. The summed E-state index contributed by atoms with van der Waals surface area (Å²) in [6.07, 6.45) is 4.40. The summed E-state index contributed by atoms with van der Waals surface area (Å²) in [7, 11) is 2.21. The van der Waals surface area contributed by atoms with E-state index in [0.717, 1.165) is 37.2 Å². The van der Waals surface area contributed by atoms with Gasteiger partial charge in [0.2, 0.25) is 0 Å². The zero-order valence-electron chi connectivity index (χ0n) is 11.8. The van der Waals surface area contributed by atoms with Crippen molar-refractivity contribution in [2.75, 3.05) is 25.5 Å². The molecule has 2 atom stereocenters. The van der Waals surface area contributed by atoms with Crippen LogP contribution in [-0.4, -0.2) is 30.0 Å². The minimum atomic E-state index is 0.915. The Balaban J connectivity index is 1.90. The van der Waals surface area contributed by atoms with Gasteiger partial charge < -0.3 is 10.2 Å². The molecule has 1 aromatic heterocycles. The summed E-state index contributed by atoms with van der Waals surface area (Å²) in [5, 5.41) is 3.41. The van der Waals surface area contributed by atoms with Crippen LogP contribution in [0.5, 0.6) is 0 Å². The first-order chi connectivity index (χ1) is 8.70. The second-order valence-corrected chi connectivity index (χ2v) is 5.61. The van der Waals surface area contributed by atoms with Gasteiger partial charge in [0.15, 0.2) is 0 Å². The van der Waals surface area contributed by atoms with E-state index in [1.807, 2.05) is 12.3 Å². The first-order valence-electron chi connectivity index (χ1n) is 7.07. The molecule has 1 N–H and O–H groups in total. The van der Waals surface area contributed by atoms with Crippen LogP contribution in [-0.2, 0) is 6.54 Å². The van der Waals surface area contributed by atoms with E-state index in [4.69, 9.17) is 0 Å². The summed E-state index contributed by atoms with van der Waals surface area (Å²) in [5.41, 5.74) is 1.31. The van der Waals surface area contributed by atoms with E-state index in [-0.39, 0.29) is 0 Å². The number of hydrogen-bond acceptors (Lipinski definition) is 3. The Hall–Kier alpha value is -1.09. The largest absolute Gasteiger partial charge is 0.370 e. The highest BCUT2D eigenvalue weighted by Crippen LogP contribution is 2.38. The van der Waals surface area contributed by atoms with E-state index in [1.165, 1.54) is 18.5 Å². The van der Waals surface area contributed by atoms with Crippen molar-refractivity contribution >= 4 is 5.82 Å². The van der Waals surface area contributed by atoms with Crippen molar-refractivity contribution in [1.82, 2.24) is 9.88 Å². The van der Waals surface area contributed by atoms with Crippen molar-refractivity contribution in [3.8, 4) is 0 Å². The molecule has 0 radical (unpaired) electrons. The Kier molecular flexibility index (Phi) is 4.59. The van der Waals surface area contributed by atoms with Gasteiger partial charge in [-0.15, -0.1) is 0 Å². The van der Waals surface area contributed by atoms with Crippen LogP contribution in [0.4, 0.5) is 5.82 Å². The summed E-state index contributed by atoms with van der Waals surface area (Å²) < 4.78 is 0. The van der Waals surface area contributed by atoms with E-state index in [1.54, 1.807) is 0 Å². The second-order valence-electron chi connectivity index (χ2n) is 5.61. The van der Waals surface area contributed by atoms with Gasteiger partial charge >= 0.3 is 0 Å². The van der Waals surface area contributed by atoms with Crippen LogP contribution in [0.3, 0.4) is 0 Å². The van der Waals surface area contributed by atoms with E-state index in [9.17, 15) is 0 Å². The lowest BCUT2D eigenvalue weighted by atomic mass is 10.2. The first kappa shape index (κ1) is 13.3. The van der Waals surface area contributed by atoms with Gasteiger partial charge in [-0.2, -0.15) is 0 Å². The molecule has 0 aliphatic heterocycles. The monoisotopic (exact) mass is 247 g/mol. The molecule has 100 valence electrons. The molecule has 0 spiro atoms. The smallest absolute Gasteiger partial charge is 0.130 e. The third-order valence-electron chi connectivity index (χ3n) is 3.70. The lowest BCUT2D eigenvalue weighted by Crippen LogP contribution is -2.22. The summed E-state index contributed by atoms with van der Waals surface area (Å²) in [4.78, 5) is 6.86. The Labute approximate surface area is 111 Å². The van der Waals surface area contributed by atoms with Gasteiger partial charge in [0.25, 0.3) is 0 Å². The van der Waals surface area contributed by atoms with Crippen molar-refractivity contribution in [2.45, 2.75) is 33.2 Å². The lowest BCUT2D eigenvalue weighted by Gasteiger charge is -2.18. The average Bonchev–Trinajstić information content (AvgIpc) is 3.03. The lowest BCUT2D eigenvalue weighted by molar-refractivity contribution is 0.307. The van der Waals surface area contributed by atoms with Gasteiger partial charge in [0.1, 0.15) is 5.82 Å². The van der Waals surface area contributed by atoms with Crippen LogP contribution < -0.4 is 5.32 Å². The molecule has 2 unspecified atom stereocenters. The normalized spacial score (nSPS) is 22.2.